The topological polar surface area (TPSA) is 89.5 Å². The predicted octanol–water partition coefficient (Wildman–Crippen LogP) is 11.6. The number of rotatable bonds is 14. The van der Waals surface area contributed by atoms with Crippen LogP contribution in [0.3, 0.4) is 0 Å². The molecule has 4 unspecified atom stereocenters. The Balaban J connectivity index is 1.26. The van der Waals surface area contributed by atoms with Crippen LogP contribution in [0.1, 0.15) is 143 Å². The van der Waals surface area contributed by atoms with Crippen molar-refractivity contribution in [1.82, 2.24) is 0 Å². The van der Waals surface area contributed by atoms with E-state index in [4.69, 9.17) is 27.1 Å². The third-order valence-corrected chi connectivity index (χ3v) is 13.7. The average Bonchev–Trinajstić information content (AvgIpc) is 3.02. The molecule has 0 heterocycles. The largest absolute Gasteiger partial charge is 0.530 e. The molecule has 0 spiro atoms. The number of allylic oxidation sites excluding steroid dienone is 6. The quantitative estimate of drug-likeness (QED) is 0.132. The zero-order valence-electron chi connectivity index (χ0n) is 28.7. The Morgan fingerprint density at radius 2 is 1.30 bits per heavy atom. The van der Waals surface area contributed by atoms with Crippen LogP contribution in [0.5, 0.6) is 0 Å². The van der Waals surface area contributed by atoms with Crippen LogP contribution < -0.4 is 0 Å². The van der Waals surface area contributed by atoms with E-state index in [1.807, 2.05) is 33.8 Å². The summed E-state index contributed by atoms with van der Waals surface area (Å²) in [5.41, 5.74) is -0.497. The van der Waals surface area contributed by atoms with Crippen molar-refractivity contribution in [2.75, 3.05) is 0 Å². The standard InChI is InChI=1S/C36H58O8P2/c1-35(2,29-17-9-5-10-18-29)43-46(38,41-33-23-15-8-16-24-33)42-34-27-25-30(26-28-34)36(3,4)44-45(37,39-31-19-11-6-12-20-31)40-32-21-13-7-14-22-32/h5-6,9,11,18,27,30-33H,7-8,10,12-17,19-26,28H2,1-4H3. The van der Waals surface area contributed by atoms with Gasteiger partial charge in [-0.15, -0.1) is 0 Å². The van der Waals surface area contributed by atoms with E-state index in [-0.39, 0.29) is 24.2 Å². The van der Waals surface area contributed by atoms with Crippen molar-refractivity contribution in [3.05, 3.63) is 47.8 Å². The Bertz CT molecular complexity index is 1220. The van der Waals surface area contributed by atoms with Crippen LogP contribution in [-0.4, -0.2) is 29.5 Å². The number of hydrogen-bond donors (Lipinski definition) is 0. The number of phosphoric ester groups is 2. The first-order chi connectivity index (χ1) is 21.9. The van der Waals surface area contributed by atoms with Crippen molar-refractivity contribution in [1.29, 1.82) is 0 Å². The van der Waals surface area contributed by atoms with Gasteiger partial charge in [0.05, 0.1) is 29.5 Å². The highest BCUT2D eigenvalue weighted by Gasteiger charge is 2.45. The molecule has 0 aromatic heterocycles. The predicted molar refractivity (Wildman–Crippen MR) is 182 cm³/mol. The van der Waals surface area contributed by atoms with Gasteiger partial charge in [-0.1, -0.05) is 68.9 Å². The highest BCUT2D eigenvalue weighted by Crippen LogP contribution is 2.61. The van der Waals surface area contributed by atoms with Gasteiger partial charge >= 0.3 is 15.6 Å². The normalized spacial score (nSPS) is 28.2. The molecule has 5 rings (SSSR count). The van der Waals surface area contributed by atoms with Crippen molar-refractivity contribution < 1.29 is 36.3 Å². The van der Waals surface area contributed by atoms with E-state index in [9.17, 15) is 9.13 Å². The molecule has 0 aliphatic heterocycles. The van der Waals surface area contributed by atoms with Gasteiger partial charge in [-0.25, -0.2) is 9.13 Å². The molecule has 2 saturated carbocycles. The maximum absolute atomic E-state index is 14.4. The molecule has 46 heavy (non-hydrogen) atoms. The highest BCUT2D eigenvalue weighted by atomic mass is 31.2. The van der Waals surface area contributed by atoms with Gasteiger partial charge in [0.15, 0.2) is 0 Å². The summed E-state index contributed by atoms with van der Waals surface area (Å²) in [7, 11) is -7.77. The zero-order chi connectivity index (χ0) is 32.7. The van der Waals surface area contributed by atoms with Crippen LogP contribution in [0.15, 0.2) is 47.8 Å². The monoisotopic (exact) mass is 680 g/mol. The van der Waals surface area contributed by atoms with E-state index in [0.29, 0.717) is 31.4 Å². The lowest BCUT2D eigenvalue weighted by Crippen LogP contribution is -2.36. The lowest BCUT2D eigenvalue weighted by atomic mass is 9.81. The summed E-state index contributed by atoms with van der Waals surface area (Å²) in [6, 6.07) is 0. The van der Waals surface area contributed by atoms with Gasteiger partial charge in [0, 0.05) is 6.42 Å². The first kappa shape index (κ1) is 36.3. The van der Waals surface area contributed by atoms with E-state index in [1.165, 1.54) is 12.8 Å². The molecule has 8 nitrogen and oxygen atoms in total. The lowest BCUT2D eigenvalue weighted by molar-refractivity contribution is -0.0355. The molecule has 260 valence electrons. The molecule has 5 aliphatic carbocycles. The van der Waals surface area contributed by atoms with E-state index in [1.54, 1.807) is 0 Å². The van der Waals surface area contributed by atoms with Crippen molar-refractivity contribution in [3.8, 4) is 0 Å². The van der Waals surface area contributed by atoms with E-state index in [0.717, 1.165) is 82.6 Å². The SMILES string of the molecule is CC(C)(OP(=O)(OC1=CCC(C(C)(C)OP(=O)(OC2CC=CCC2)OC2CCCCC2)CC1)OC1CCCCC1)C1=CCC=CC1. The molecular formula is C36H58O8P2. The molecule has 5 aliphatic rings. The fourth-order valence-corrected chi connectivity index (χ4v) is 11.2. The van der Waals surface area contributed by atoms with E-state index < -0.39 is 26.8 Å². The maximum Gasteiger partial charge on any atom is 0.530 e. The van der Waals surface area contributed by atoms with E-state index in [2.05, 4.69) is 30.4 Å². The summed E-state index contributed by atoms with van der Waals surface area (Å²) < 4.78 is 66.4. The minimum absolute atomic E-state index is 0.0353. The Labute approximate surface area is 278 Å². The molecule has 0 aromatic carbocycles. The molecule has 0 N–H and O–H groups in total. The van der Waals surface area contributed by atoms with Gasteiger partial charge < -0.3 is 4.52 Å². The lowest BCUT2D eigenvalue weighted by Gasteiger charge is -2.40. The van der Waals surface area contributed by atoms with Crippen LogP contribution in [0.2, 0.25) is 0 Å². The molecule has 0 amide bonds. The van der Waals surface area contributed by atoms with Crippen LogP contribution in [0.4, 0.5) is 0 Å². The van der Waals surface area contributed by atoms with Crippen molar-refractivity contribution in [2.45, 2.75) is 173 Å². The summed E-state index contributed by atoms with van der Waals surface area (Å²) in [5.74, 6) is 0.652. The molecular weight excluding hydrogens is 622 g/mol. The van der Waals surface area contributed by atoms with Crippen LogP contribution in [0, 0.1) is 5.92 Å². The summed E-state index contributed by atoms with van der Waals surface area (Å²) in [5, 5.41) is 0. The van der Waals surface area contributed by atoms with Crippen molar-refractivity contribution in [2.24, 2.45) is 5.92 Å². The third-order valence-electron chi connectivity index (χ3n) is 10.2. The maximum atomic E-state index is 14.4. The Kier molecular flexibility index (Phi) is 12.7. The van der Waals surface area contributed by atoms with E-state index >= 15 is 0 Å². The van der Waals surface area contributed by atoms with Gasteiger partial charge in [-0.3, -0.25) is 22.6 Å². The summed E-state index contributed by atoms with van der Waals surface area (Å²) in [6.07, 6.45) is 28.1. The average molecular weight is 681 g/mol. The van der Waals surface area contributed by atoms with Crippen LogP contribution in [-0.2, 0) is 36.3 Å². The van der Waals surface area contributed by atoms with Crippen molar-refractivity contribution in [3.63, 3.8) is 0 Å². The Hall–Kier alpha value is -0.980. The van der Waals surface area contributed by atoms with Gasteiger partial charge in [0.25, 0.3) is 0 Å². The van der Waals surface area contributed by atoms with Gasteiger partial charge in [-0.05, 0) is 116 Å². The van der Waals surface area contributed by atoms with Gasteiger partial charge in [0.2, 0.25) is 0 Å². The fraction of sp³-hybridized carbons (Fsp3) is 0.778. The first-order valence-corrected chi connectivity index (χ1v) is 20.9. The second-order valence-corrected chi connectivity index (χ2v) is 17.8. The molecule has 10 heteroatoms. The van der Waals surface area contributed by atoms with Gasteiger partial charge in [-0.2, -0.15) is 0 Å². The first-order valence-electron chi connectivity index (χ1n) is 18.0. The zero-order valence-corrected chi connectivity index (χ0v) is 30.5. The summed E-state index contributed by atoms with van der Waals surface area (Å²) in [6.45, 7) is 7.85. The molecule has 0 saturated heterocycles. The van der Waals surface area contributed by atoms with Crippen molar-refractivity contribution >= 4 is 15.6 Å². The molecule has 4 atom stereocenters. The summed E-state index contributed by atoms with van der Waals surface area (Å²) in [4.78, 5) is 0. The molecule has 0 radical (unpaired) electrons. The smallest absolute Gasteiger partial charge is 0.409 e. The Morgan fingerprint density at radius 1 is 0.652 bits per heavy atom. The second-order valence-electron chi connectivity index (χ2n) is 14.8. The minimum Gasteiger partial charge on any atom is -0.409 e. The molecule has 2 fully saturated rings. The second kappa shape index (κ2) is 16.2. The molecule has 0 aromatic rings. The van der Waals surface area contributed by atoms with Crippen LogP contribution >= 0.6 is 15.6 Å². The van der Waals surface area contributed by atoms with Crippen LogP contribution in [0.25, 0.3) is 0 Å². The minimum atomic E-state index is -3.93. The number of phosphoric acid groups is 2. The molecule has 0 bridgehead atoms. The number of hydrogen-bond acceptors (Lipinski definition) is 8. The third kappa shape index (κ3) is 10.5. The summed E-state index contributed by atoms with van der Waals surface area (Å²) >= 11 is 0. The Morgan fingerprint density at radius 3 is 1.87 bits per heavy atom. The fourth-order valence-electron chi connectivity index (χ4n) is 7.34. The van der Waals surface area contributed by atoms with Gasteiger partial charge in [0.1, 0.15) is 5.76 Å². The highest BCUT2D eigenvalue weighted by molar-refractivity contribution is 7.48.